The van der Waals surface area contributed by atoms with Crippen LogP contribution in [0.5, 0.6) is 5.75 Å². The summed E-state index contributed by atoms with van der Waals surface area (Å²) < 4.78 is 32.7. The van der Waals surface area contributed by atoms with E-state index in [2.05, 4.69) is 23.9 Å². The highest BCUT2D eigenvalue weighted by Gasteiger charge is 2.25. The van der Waals surface area contributed by atoms with Gasteiger partial charge in [0, 0.05) is 10.7 Å². The maximum Gasteiger partial charge on any atom is 0.245 e. The van der Waals surface area contributed by atoms with E-state index in [9.17, 15) is 13.2 Å². The number of sulfonamides is 1. The van der Waals surface area contributed by atoms with Crippen LogP contribution >= 0.6 is 11.6 Å². The zero-order chi connectivity index (χ0) is 20.2. The van der Waals surface area contributed by atoms with Crippen LogP contribution in [-0.2, 0) is 14.8 Å². The molecule has 146 valence electrons. The van der Waals surface area contributed by atoms with Crippen LogP contribution in [0, 0.1) is 0 Å². The van der Waals surface area contributed by atoms with Crippen molar-refractivity contribution >= 4 is 33.2 Å². The van der Waals surface area contributed by atoms with Gasteiger partial charge in [-0.05, 0) is 48.7 Å². The Morgan fingerprint density at radius 2 is 1.70 bits per heavy atom. The van der Waals surface area contributed by atoms with Crippen LogP contribution < -0.4 is 14.8 Å². The quantitative estimate of drug-likeness (QED) is 0.727. The number of anilines is 1. The van der Waals surface area contributed by atoms with Crippen molar-refractivity contribution in [3.8, 4) is 5.75 Å². The number of halogens is 1. The third-order valence-electron chi connectivity index (χ3n) is 3.99. The third-order valence-corrected chi connectivity index (χ3v) is 5.78. The van der Waals surface area contributed by atoms with E-state index in [1.807, 2.05) is 12.1 Å². The molecular formula is C19H23ClN2O4S. The van der Waals surface area contributed by atoms with Gasteiger partial charge in [0.15, 0.2) is 0 Å². The topological polar surface area (TPSA) is 84.5 Å². The van der Waals surface area contributed by atoms with Crippen LogP contribution in [0.1, 0.15) is 32.3 Å². The summed E-state index contributed by atoms with van der Waals surface area (Å²) in [5.41, 5.74) is 1.74. The normalized spacial score (nSPS) is 12.7. The van der Waals surface area contributed by atoms with Crippen LogP contribution in [0.2, 0.25) is 5.02 Å². The number of hydrogen-bond donors (Lipinski definition) is 2. The molecule has 2 aromatic rings. The Balaban J connectivity index is 2.12. The maximum atomic E-state index is 12.6. The molecule has 1 atom stereocenters. The molecule has 0 aliphatic carbocycles. The predicted molar refractivity (Wildman–Crippen MR) is 107 cm³/mol. The number of ether oxygens (including phenoxy) is 1. The molecule has 0 bridgehead atoms. The van der Waals surface area contributed by atoms with Crippen molar-refractivity contribution in [2.45, 2.75) is 37.6 Å². The first-order valence-electron chi connectivity index (χ1n) is 8.40. The summed E-state index contributed by atoms with van der Waals surface area (Å²) >= 11 is 5.89. The molecule has 0 fully saturated rings. The van der Waals surface area contributed by atoms with E-state index >= 15 is 0 Å². The lowest BCUT2D eigenvalue weighted by atomic mass is 10.0. The van der Waals surface area contributed by atoms with Gasteiger partial charge in [-0.1, -0.05) is 37.6 Å². The first-order chi connectivity index (χ1) is 12.6. The number of rotatable bonds is 7. The zero-order valence-corrected chi connectivity index (χ0v) is 17.2. The molecule has 0 aliphatic rings. The van der Waals surface area contributed by atoms with Crippen molar-refractivity contribution in [2.24, 2.45) is 0 Å². The van der Waals surface area contributed by atoms with E-state index in [0.29, 0.717) is 11.6 Å². The summed E-state index contributed by atoms with van der Waals surface area (Å²) in [5.74, 6) is 0.0498. The average molecular weight is 411 g/mol. The van der Waals surface area contributed by atoms with Gasteiger partial charge >= 0.3 is 0 Å². The van der Waals surface area contributed by atoms with Crippen molar-refractivity contribution in [1.29, 1.82) is 0 Å². The Bertz CT molecular complexity index is 912. The van der Waals surface area contributed by atoms with E-state index in [0.717, 1.165) is 5.56 Å². The summed E-state index contributed by atoms with van der Waals surface area (Å²) in [6.45, 7) is 5.62. The monoisotopic (exact) mass is 410 g/mol. The van der Waals surface area contributed by atoms with Crippen molar-refractivity contribution in [1.82, 2.24) is 4.72 Å². The molecule has 0 aromatic heterocycles. The fourth-order valence-electron chi connectivity index (χ4n) is 2.41. The van der Waals surface area contributed by atoms with Crippen molar-refractivity contribution in [3.05, 3.63) is 53.1 Å². The van der Waals surface area contributed by atoms with E-state index < -0.39 is 22.0 Å². The maximum absolute atomic E-state index is 12.6. The van der Waals surface area contributed by atoms with E-state index in [1.54, 1.807) is 12.1 Å². The number of nitrogens with one attached hydrogen (secondary N) is 2. The SMILES string of the molecule is COc1ccc(Cl)cc1S(=O)(=O)N[C@@H](C)C(=O)Nc1ccc(C(C)C)cc1. The molecule has 6 nitrogen and oxygen atoms in total. The Kier molecular flexibility index (Phi) is 6.86. The average Bonchev–Trinajstić information content (AvgIpc) is 2.61. The van der Waals surface area contributed by atoms with E-state index in [-0.39, 0.29) is 15.7 Å². The first-order valence-corrected chi connectivity index (χ1v) is 10.3. The molecule has 0 aliphatic heterocycles. The lowest BCUT2D eigenvalue weighted by Crippen LogP contribution is -2.41. The second-order valence-corrected chi connectivity index (χ2v) is 8.52. The molecule has 0 unspecified atom stereocenters. The Labute approximate surface area is 164 Å². The molecule has 2 rings (SSSR count). The third kappa shape index (κ3) is 5.45. The van der Waals surface area contributed by atoms with Gasteiger partial charge < -0.3 is 10.1 Å². The molecule has 0 saturated heterocycles. The molecule has 27 heavy (non-hydrogen) atoms. The second kappa shape index (κ2) is 8.73. The fourth-order valence-corrected chi connectivity index (χ4v) is 4.05. The minimum Gasteiger partial charge on any atom is -0.495 e. The number of hydrogen-bond acceptors (Lipinski definition) is 4. The molecule has 8 heteroatoms. The molecular weight excluding hydrogens is 388 g/mol. The minimum absolute atomic E-state index is 0.126. The van der Waals surface area contributed by atoms with Gasteiger partial charge in [-0.15, -0.1) is 0 Å². The van der Waals surface area contributed by atoms with Gasteiger partial charge in [0.1, 0.15) is 10.6 Å². The minimum atomic E-state index is -4.00. The van der Waals surface area contributed by atoms with Gasteiger partial charge in [0.25, 0.3) is 0 Å². The highest BCUT2D eigenvalue weighted by molar-refractivity contribution is 7.89. The van der Waals surface area contributed by atoms with E-state index in [1.165, 1.54) is 32.2 Å². The van der Waals surface area contributed by atoms with Gasteiger partial charge in [-0.25, -0.2) is 8.42 Å². The van der Waals surface area contributed by atoms with Crippen LogP contribution in [0.4, 0.5) is 5.69 Å². The van der Waals surface area contributed by atoms with Crippen LogP contribution in [0.25, 0.3) is 0 Å². The van der Waals surface area contributed by atoms with Crippen molar-refractivity contribution in [2.75, 3.05) is 12.4 Å². The molecule has 0 radical (unpaired) electrons. The van der Waals surface area contributed by atoms with Gasteiger partial charge in [0.05, 0.1) is 13.2 Å². The summed E-state index contributed by atoms with van der Waals surface area (Å²) in [5, 5.41) is 2.95. The zero-order valence-electron chi connectivity index (χ0n) is 15.6. The molecule has 2 aromatic carbocycles. The van der Waals surface area contributed by atoms with Crippen molar-refractivity contribution < 1.29 is 17.9 Å². The number of carbonyl (C=O) groups is 1. The van der Waals surface area contributed by atoms with Gasteiger partial charge in [-0.3, -0.25) is 4.79 Å². The van der Waals surface area contributed by atoms with Crippen LogP contribution in [0.3, 0.4) is 0 Å². The molecule has 0 spiro atoms. The van der Waals surface area contributed by atoms with Crippen LogP contribution in [0.15, 0.2) is 47.4 Å². The number of methoxy groups -OCH3 is 1. The summed E-state index contributed by atoms with van der Waals surface area (Å²) in [7, 11) is -2.64. The predicted octanol–water partition coefficient (Wildman–Crippen LogP) is 3.78. The second-order valence-electron chi connectivity index (χ2n) is 6.40. The standard InChI is InChI=1S/C19H23ClN2O4S/c1-12(2)14-5-8-16(9-6-14)21-19(23)13(3)22-27(24,25)18-11-15(20)7-10-17(18)26-4/h5-13,22H,1-4H3,(H,21,23)/t13-/m0/s1. The van der Waals surface area contributed by atoms with Gasteiger partial charge in [-0.2, -0.15) is 4.72 Å². The fraction of sp³-hybridized carbons (Fsp3) is 0.316. The first kappa shape index (κ1) is 21.2. The smallest absolute Gasteiger partial charge is 0.245 e. The van der Waals surface area contributed by atoms with Gasteiger partial charge in [0.2, 0.25) is 15.9 Å². The highest BCUT2D eigenvalue weighted by atomic mass is 35.5. The summed E-state index contributed by atoms with van der Waals surface area (Å²) in [6.07, 6.45) is 0. The molecule has 1 amide bonds. The number of carbonyl (C=O) groups excluding carboxylic acids is 1. The highest BCUT2D eigenvalue weighted by Crippen LogP contribution is 2.27. The molecule has 0 saturated carbocycles. The Hall–Kier alpha value is -2.09. The summed E-state index contributed by atoms with van der Waals surface area (Å²) in [6, 6.07) is 10.7. The lowest BCUT2D eigenvalue weighted by Gasteiger charge is -2.16. The number of benzene rings is 2. The summed E-state index contributed by atoms with van der Waals surface area (Å²) in [4.78, 5) is 12.2. The largest absolute Gasteiger partial charge is 0.495 e. The van der Waals surface area contributed by atoms with E-state index in [4.69, 9.17) is 16.3 Å². The van der Waals surface area contributed by atoms with Crippen LogP contribution in [-0.4, -0.2) is 27.5 Å². The van der Waals surface area contributed by atoms with Crippen molar-refractivity contribution in [3.63, 3.8) is 0 Å². The lowest BCUT2D eigenvalue weighted by molar-refractivity contribution is -0.117. The molecule has 0 heterocycles. The Morgan fingerprint density at radius 1 is 1.07 bits per heavy atom. The molecule has 2 N–H and O–H groups in total. The number of amides is 1. The Morgan fingerprint density at radius 3 is 2.26 bits per heavy atom.